The van der Waals surface area contributed by atoms with Gasteiger partial charge in [-0.15, -0.1) is 24.8 Å². The van der Waals surface area contributed by atoms with E-state index in [1.54, 1.807) is 7.11 Å². The smallest absolute Gasteiger partial charge is 0.322 e. The summed E-state index contributed by atoms with van der Waals surface area (Å²) in [5.74, 6) is 0.311. The molecule has 3 aromatic rings. The van der Waals surface area contributed by atoms with Gasteiger partial charge in [0.1, 0.15) is 0 Å². The number of nitrogens with zero attached hydrogens (tertiary/aromatic N) is 5. The van der Waals surface area contributed by atoms with Gasteiger partial charge in [-0.05, 0) is 11.1 Å². The summed E-state index contributed by atoms with van der Waals surface area (Å²) in [6.07, 6.45) is -2.35. The Morgan fingerprint density at radius 3 is 2.09 bits per heavy atom. The number of alkyl halides is 2. The number of benzene rings is 2. The zero-order valence-electron chi connectivity index (χ0n) is 26.8. The van der Waals surface area contributed by atoms with E-state index in [-0.39, 0.29) is 66.5 Å². The van der Waals surface area contributed by atoms with Crippen LogP contribution in [-0.4, -0.2) is 116 Å². The number of piperazine rings is 2. The highest BCUT2D eigenvalue weighted by molar-refractivity contribution is 5.85. The van der Waals surface area contributed by atoms with Crippen LogP contribution in [0.25, 0.3) is 0 Å². The molecule has 0 bridgehead atoms. The summed E-state index contributed by atoms with van der Waals surface area (Å²) in [7, 11) is 4.46. The lowest BCUT2D eigenvalue weighted by Crippen LogP contribution is -2.67. The first kappa shape index (κ1) is 38.2. The molecule has 0 radical (unpaired) electrons. The minimum Gasteiger partial charge on any atom is -0.481 e. The van der Waals surface area contributed by atoms with Gasteiger partial charge in [-0.1, -0.05) is 60.7 Å². The van der Waals surface area contributed by atoms with E-state index < -0.39 is 13.0 Å². The number of hydrogen-bond acceptors (Lipinski definition) is 9. The topological polar surface area (TPSA) is 89.5 Å². The maximum atomic E-state index is 13.2. The Labute approximate surface area is 287 Å². The average molecular weight is 699 g/mol. The number of halogens is 4. The molecule has 10 nitrogen and oxygen atoms in total. The van der Waals surface area contributed by atoms with Crippen LogP contribution in [0.1, 0.15) is 29.0 Å². The molecule has 14 heteroatoms. The van der Waals surface area contributed by atoms with Gasteiger partial charge in [0.15, 0.2) is 6.61 Å². The van der Waals surface area contributed by atoms with Crippen molar-refractivity contribution in [2.45, 2.75) is 37.4 Å². The highest BCUT2D eigenvalue weighted by atomic mass is 35.5. The van der Waals surface area contributed by atoms with E-state index >= 15 is 0 Å². The molecule has 1 aromatic heterocycles. The van der Waals surface area contributed by atoms with Crippen molar-refractivity contribution in [2.75, 3.05) is 67.3 Å². The molecule has 1 amide bonds. The summed E-state index contributed by atoms with van der Waals surface area (Å²) in [4.78, 5) is 28.4. The molecular weight excluding hydrogens is 655 g/mol. The number of methoxy groups -OCH3 is 3. The molecule has 1 unspecified atom stereocenters. The van der Waals surface area contributed by atoms with E-state index in [1.807, 2.05) is 17.0 Å². The van der Waals surface area contributed by atoms with Crippen molar-refractivity contribution in [1.82, 2.24) is 24.7 Å². The van der Waals surface area contributed by atoms with Crippen molar-refractivity contribution < 1.29 is 32.5 Å². The third-order valence-electron chi connectivity index (χ3n) is 8.46. The van der Waals surface area contributed by atoms with Crippen LogP contribution in [0, 0.1) is 0 Å². The van der Waals surface area contributed by atoms with E-state index in [1.165, 1.54) is 25.3 Å². The largest absolute Gasteiger partial charge is 0.481 e. The number of carbonyl (C=O) groups excluding carboxylic acids is 1. The standard InChI is InChI=1S/C33H41F2N5O5.2ClH/c1-42-17-14-29(41)39-15-16-40-25(19-39)18-38(20-26-31(43-2)36-33(44-3)37-32(26)45-22-28(34)35)21-27(40)30(23-10-6-4-7-11-23)24-12-8-5-9-13-24;;/h4-13,25,27-28,30H,14-22H2,1-3H3;2*1H/t25-,27?;;/m1../s1. The summed E-state index contributed by atoms with van der Waals surface area (Å²) in [6.45, 7) is 3.07. The van der Waals surface area contributed by atoms with Gasteiger partial charge in [-0.25, -0.2) is 8.78 Å². The summed E-state index contributed by atoms with van der Waals surface area (Å²) in [6, 6.07) is 20.9. The lowest BCUT2D eigenvalue weighted by molar-refractivity contribution is -0.137. The quantitative estimate of drug-likeness (QED) is 0.255. The molecule has 5 rings (SSSR count). The van der Waals surface area contributed by atoms with Crippen LogP contribution in [-0.2, 0) is 16.1 Å². The number of ether oxygens (including phenoxy) is 4. The molecule has 3 heterocycles. The van der Waals surface area contributed by atoms with E-state index in [2.05, 4.69) is 68.3 Å². The highest BCUT2D eigenvalue weighted by Crippen LogP contribution is 2.37. The van der Waals surface area contributed by atoms with Crippen molar-refractivity contribution in [3.05, 3.63) is 77.4 Å². The van der Waals surface area contributed by atoms with Gasteiger partial charge >= 0.3 is 6.01 Å². The maximum absolute atomic E-state index is 13.2. The van der Waals surface area contributed by atoms with Gasteiger partial charge in [0.25, 0.3) is 6.43 Å². The zero-order valence-corrected chi connectivity index (χ0v) is 28.4. The molecular formula is C33H43Cl2F2N5O5. The zero-order chi connectivity index (χ0) is 31.8. The predicted molar refractivity (Wildman–Crippen MR) is 178 cm³/mol. The van der Waals surface area contributed by atoms with Crippen LogP contribution in [0.3, 0.4) is 0 Å². The number of aromatic nitrogens is 2. The summed E-state index contributed by atoms with van der Waals surface area (Å²) in [5.41, 5.74) is 2.85. The Balaban J connectivity index is 0.00000300. The van der Waals surface area contributed by atoms with E-state index in [0.717, 1.165) is 6.54 Å². The van der Waals surface area contributed by atoms with Gasteiger partial charge in [0.2, 0.25) is 17.7 Å². The Morgan fingerprint density at radius 2 is 1.51 bits per heavy atom. The summed E-state index contributed by atoms with van der Waals surface area (Å²) < 4.78 is 47.8. The lowest BCUT2D eigenvalue weighted by Gasteiger charge is -2.53. The summed E-state index contributed by atoms with van der Waals surface area (Å²) >= 11 is 0. The van der Waals surface area contributed by atoms with E-state index in [9.17, 15) is 13.6 Å². The first-order chi connectivity index (χ1) is 21.9. The molecule has 2 fully saturated rings. The first-order valence-electron chi connectivity index (χ1n) is 15.2. The molecule has 2 atom stereocenters. The Morgan fingerprint density at radius 1 is 0.872 bits per heavy atom. The number of amides is 1. The third-order valence-corrected chi connectivity index (χ3v) is 8.46. The normalized spacial score (nSPS) is 18.2. The highest BCUT2D eigenvalue weighted by Gasteiger charge is 2.43. The van der Waals surface area contributed by atoms with Gasteiger partial charge in [0, 0.05) is 64.4 Å². The Hall–Kier alpha value is -3.29. The SMILES string of the molecule is COCCC(=O)N1CCN2C(C(c3ccccc3)c3ccccc3)CN(Cc3c(OC)nc(OC)nc3OCC(F)F)C[C@@H]2C1.Cl.Cl. The fourth-order valence-electron chi connectivity index (χ4n) is 6.47. The molecule has 2 aliphatic heterocycles. The van der Waals surface area contributed by atoms with Crippen LogP contribution in [0.15, 0.2) is 60.7 Å². The van der Waals surface area contributed by atoms with Crippen molar-refractivity contribution in [3.8, 4) is 17.8 Å². The molecule has 258 valence electrons. The third kappa shape index (κ3) is 9.41. The Bertz CT molecular complexity index is 1360. The number of hydrogen-bond donors (Lipinski definition) is 0. The van der Waals surface area contributed by atoms with Crippen molar-refractivity contribution in [3.63, 3.8) is 0 Å². The van der Waals surface area contributed by atoms with Gasteiger partial charge in [-0.3, -0.25) is 14.6 Å². The van der Waals surface area contributed by atoms with Crippen molar-refractivity contribution in [2.24, 2.45) is 0 Å². The predicted octanol–water partition coefficient (Wildman–Crippen LogP) is 4.55. The minimum absolute atomic E-state index is 0. The monoisotopic (exact) mass is 697 g/mol. The minimum atomic E-state index is -2.68. The van der Waals surface area contributed by atoms with Crippen LogP contribution >= 0.6 is 24.8 Å². The Kier molecular flexibility index (Phi) is 14.9. The molecule has 2 saturated heterocycles. The summed E-state index contributed by atoms with van der Waals surface area (Å²) in [5, 5.41) is 0. The number of rotatable bonds is 13. The van der Waals surface area contributed by atoms with Crippen LogP contribution in [0.5, 0.6) is 17.8 Å². The fourth-order valence-corrected chi connectivity index (χ4v) is 6.47. The number of fused-ring (bicyclic) bond motifs is 1. The second-order valence-corrected chi connectivity index (χ2v) is 11.2. The molecule has 0 saturated carbocycles. The maximum Gasteiger partial charge on any atom is 0.322 e. The van der Waals surface area contributed by atoms with Crippen molar-refractivity contribution >= 4 is 30.7 Å². The number of carbonyl (C=O) groups is 1. The van der Waals surface area contributed by atoms with Crippen molar-refractivity contribution in [1.29, 1.82) is 0 Å². The fraction of sp³-hybridized carbons (Fsp3) is 0.485. The molecule has 47 heavy (non-hydrogen) atoms. The van der Waals surface area contributed by atoms with E-state index in [0.29, 0.717) is 51.3 Å². The van der Waals surface area contributed by atoms with Gasteiger partial charge in [-0.2, -0.15) is 9.97 Å². The molecule has 0 N–H and O–H groups in total. The van der Waals surface area contributed by atoms with Gasteiger partial charge < -0.3 is 23.8 Å². The molecule has 2 aliphatic rings. The molecule has 2 aromatic carbocycles. The van der Waals surface area contributed by atoms with Crippen LogP contribution < -0.4 is 14.2 Å². The average Bonchev–Trinajstić information content (AvgIpc) is 3.07. The second-order valence-electron chi connectivity index (χ2n) is 11.2. The van der Waals surface area contributed by atoms with Gasteiger partial charge in [0.05, 0.1) is 32.8 Å². The van der Waals surface area contributed by atoms with Crippen LogP contribution in [0.4, 0.5) is 8.78 Å². The molecule has 0 spiro atoms. The van der Waals surface area contributed by atoms with E-state index in [4.69, 9.17) is 18.9 Å². The lowest BCUT2D eigenvalue weighted by atomic mass is 9.81. The van der Waals surface area contributed by atoms with Crippen LogP contribution in [0.2, 0.25) is 0 Å². The molecule has 0 aliphatic carbocycles. The first-order valence-corrected chi connectivity index (χ1v) is 15.2. The second kappa shape index (κ2) is 18.3.